The molecule has 3 rings (SSSR count). The molecule has 0 unspecified atom stereocenters. The van der Waals surface area contributed by atoms with Gasteiger partial charge in [0.05, 0.1) is 7.11 Å². The summed E-state index contributed by atoms with van der Waals surface area (Å²) in [5, 5.41) is 0. The molecule has 2 aromatic rings. The molecule has 0 saturated carbocycles. The lowest BCUT2D eigenvalue weighted by atomic mass is 10.1. The third-order valence-electron chi connectivity index (χ3n) is 4.06. The number of hydrogen-bond donors (Lipinski definition) is 0. The van der Waals surface area contributed by atoms with Crippen molar-refractivity contribution in [3.05, 3.63) is 29.3 Å². The fourth-order valence-corrected chi connectivity index (χ4v) is 5.58. The van der Waals surface area contributed by atoms with Gasteiger partial charge in [-0.3, -0.25) is 0 Å². The Kier molecular flexibility index (Phi) is 5.55. The molecule has 0 atom stereocenters. The molecular formula is C16H21N3O4S2. The Balaban J connectivity index is 1.61. The molecule has 0 radical (unpaired) electrons. The van der Waals surface area contributed by atoms with E-state index in [4.69, 9.17) is 9.47 Å². The first-order valence-corrected chi connectivity index (χ1v) is 10.4. The van der Waals surface area contributed by atoms with Gasteiger partial charge in [-0.2, -0.15) is 9.29 Å². The summed E-state index contributed by atoms with van der Waals surface area (Å²) < 4.78 is 38.2. The number of piperidine rings is 1. The van der Waals surface area contributed by atoms with Gasteiger partial charge >= 0.3 is 6.01 Å². The van der Waals surface area contributed by atoms with E-state index >= 15 is 0 Å². The number of aromatic nitrogens is 2. The molecule has 0 spiro atoms. The highest BCUT2D eigenvalue weighted by Gasteiger charge is 2.31. The molecule has 1 aliphatic rings. The van der Waals surface area contributed by atoms with E-state index < -0.39 is 10.0 Å². The van der Waals surface area contributed by atoms with Crippen molar-refractivity contribution in [2.45, 2.75) is 36.5 Å². The van der Waals surface area contributed by atoms with E-state index in [1.807, 2.05) is 13.0 Å². The van der Waals surface area contributed by atoms with Crippen molar-refractivity contribution >= 4 is 21.4 Å². The van der Waals surface area contributed by atoms with Crippen molar-refractivity contribution in [1.82, 2.24) is 14.3 Å². The predicted octanol–water partition coefficient (Wildman–Crippen LogP) is 2.34. The SMILES string of the molecule is CCc1ccc(S(=O)(=O)N2CCC(Oc3ccnc(OC)n3)CC2)s1. The second-order valence-electron chi connectivity index (χ2n) is 5.68. The summed E-state index contributed by atoms with van der Waals surface area (Å²) in [7, 11) is -1.91. The molecule has 0 N–H and O–H groups in total. The number of ether oxygens (including phenoxy) is 2. The molecule has 25 heavy (non-hydrogen) atoms. The molecule has 0 aromatic carbocycles. The average molecular weight is 383 g/mol. The lowest BCUT2D eigenvalue weighted by molar-refractivity contribution is 0.128. The standard InChI is InChI=1S/C16H21N3O4S2/c1-3-13-4-5-15(24-13)25(20,21)19-10-7-12(8-11-19)23-14-6-9-17-16(18-14)22-2/h4-6,9,12H,3,7-8,10-11H2,1-2H3. The zero-order chi connectivity index (χ0) is 17.9. The van der Waals surface area contributed by atoms with Crippen LogP contribution in [-0.4, -0.2) is 49.0 Å². The number of nitrogens with zero attached hydrogens (tertiary/aromatic N) is 3. The number of rotatable bonds is 6. The van der Waals surface area contributed by atoms with E-state index in [0.29, 0.717) is 36.0 Å². The van der Waals surface area contributed by atoms with Gasteiger partial charge in [0.15, 0.2) is 0 Å². The fourth-order valence-electron chi connectivity index (χ4n) is 2.66. The van der Waals surface area contributed by atoms with Gasteiger partial charge in [-0.25, -0.2) is 13.4 Å². The lowest BCUT2D eigenvalue weighted by Gasteiger charge is -2.30. The molecular weight excluding hydrogens is 362 g/mol. The molecule has 0 aliphatic carbocycles. The van der Waals surface area contributed by atoms with Crippen LogP contribution in [0.1, 0.15) is 24.6 Å². The van der Waals surface area contributed by atoms with E-state index in [0.717, 1.165) is 11.3 Å². The van der Waals surface area contributed by atoms with Crippen molar-refractivity contribution in [1.29, 1.82) is 0 Å². The predicted molar refractivity (Wildman–Crippen MR) is 94.7 cm³/mol. The van der Waals surface area contributed by atoms with Gasteiger partial charge in [-0.05, 0) is 31.4 Å². The van der Waals surface area contributed by atoms with Gasteiger partial charge in [0, 0.05) is 30.2 Å². The highest BCUT2D eigenvalue weighted by atomic mass is 32.2. The summed E-state index contributed by atoms with van der Waals surface area (Å²) in [5.74, 6) is 0.444. The summed E-state index contributed by atoms with van der Waals surface area (Å²) in [6, 6.07) is 5.51. The third kappa shape index (κ3) is 4.10. The maximum atomic E-state index is 12.7. The maximum absolute atomic E-state index is 12.7. The molecule has 3 heterocycles. The molecule has 1 aliphatic heterocycles. The lowest BCUT2D eigenvalue weighted by Crippen LogP contribution is -2.41. The number of hydrogen-bond acceptors (Lipinski definition) is 7. The summed E-state index contributed by atoms with van der Waals surface area (Å²) in [6.07, 6.45) is 3.59. The van der Waals surface area contributed by atoms with Gasteiger partial charge in [0.2, 0.25) is 5.88 Å². The second kappa shape index (κ2) is 7.67. The first-order valence-electron chi connectivity index (χ1n) is 8.15. The monoisotopic (exact) mass is 383 g/mol. The molecule has 7 nitrogen and oxygen atoms in total. The summed E-state index contributed by atoms with van der Waals surface area (Å²) in [6.45, 7) is 2.90. The van der Waals surface area contributed by atoms with E-state index in [9.17, 15) is 8.42 Å². The van der Waals surface area contributed by atoms with Crippen molar-refractivity contribution in [3.8, 4) is 11.9 Å². The summed E-state index contributed by atoms with van der Waals surface area (Å²) in [5.41, 5.74) is 0. The fraction of sp³-hybridized carbons (Fsp3) is 0.500. The molecule has 0 bridgehead atoms. The zero-order valence-electron chi connectivity index (χ0n) is 14.2. The molecule has 1 fully saturated rings. The zero-order valence-corrected chi connectivity index (χ0v) is 15.8. The average Bonchev–Trinajstić information content (AvgIpc) is 3.12. The molecule has 136 valence electrons. The molecule has 0 amide bonds. The Morgan fingerprint density at radius 3 is 2.68 bits per heavy atom. The van der Waals surface area contributed by atoms with Gasteiger partial charge in [-0.15, -0.1) is 11.3 Å². The van der Waals surface area contributed by atoms with Gasteiger partial charge in [-0.1, -0.05) is 6.92 Å². The van der Waals surface area contributed by atoms with Crippen molar-refractivity contribution in [3.63, 3.8) is 0 Å². The third-order valence-corrected chi connectivity index (χ3v) is 7.65. The van der Waals surface area contributed by atoms with Crippen LogP contribution in [0, 0.1) is 0 Å². The van der Waals surface area contributed by atoms with Crippen LogP contribution in [0.5, 0.6) is 11.9 Å². The van der Waals surface area contributed by atoms with Crippen LogP contribution in [-0.2, 0) is 16.4 Å². The van der Waals surface area contributed by atoms with E-state index in [1.54, 1.807) is 22.6 Å². The van der Waals surface area contributed by atoms with Crippen LogP contribution in [0.3, 0.4) is 0 Å². The van der Waals surface area contributed by atoms with Crippen LogP contribution < -0.4 is 9.47 Å². The largest absolute Gasteiger partial charge is 0.474 e. The number of thiophene rings is 1. The van der Waals surface area contributed by atoms with Crippen molar-refractivity contribution in [2.24, 2.45) is 0 Å². The number of methoxy groups -OCH3 is 1. The van der Waals surface area contributed by atoms with E-state index in [2.05, 4.69) is 9.97 Å². The molecule has 9 heteroatoms. The Morgan fingerprint density at radius 2 is 2.04 bits per heavy atom. The highest BCUT2D eigenvalue weighted by Crippen LogP contribution is 2.28. The summed E-state index contributed by atoms with van der Waals surface area (Å²) >= 11 is 1.35. The first-order chi connectivity index (χ1) is 12.0. The van der Waals surface area contributed by atoms with Gasteiger partial charge in [0.1, 0.15) is 10.3 Å². The van der Waals surface area contributed by atoms with Crippen molar-refractivity contribution in [2.75, 3.05) is 20.2 Å². The highest BCUT2D eigenvalue weighted by molar-refractivity contribution is 7.91. The minimum Gasteiger partial charge on any atom is -0.474 e. The molecule has 2 aromatic heterocycles. The normalized spacial score (nSPS) is 16.7. The number of sulfonamides is 1. The minimum absolute atomic E-state index is 0.0689. The van der Waals surface area contributed by atoms with Crippen LogP contribution in [0.4, 0.5) is 0 Å². The second-order valence-corrected chi connectivity index (χ2v) is 9.01. The van der Waals surface area contributed by atoms with E-state index in [1.165, 1.54) is 18.4 Å². The Hall–Kier alpha value is -1.71. The van der Waals surface area contributed by atoms with E-state index in [-0.39, 0.29) is 12.1 Å². The van der Waals surface area contributed by atoms with Crippen LogP contribution in [0.2, 0.25) is 0 Å². The van der Waals surface area contributed by atoms with Gasteiger partial charge in [0.25, 0.3) is 10.0 Å². The van der Waals surface area contributed by atoms with Crippen LogP contribution >= 0.6 is 11.3 Å². The van der Waals surface area contributed by atoms with Crippen LogP contribution in [0.15, 0.2) is 28.6 Å². The van der Waals surface area contributed by atoms with Gasteiger partial charge < -0.3 is 9.47 Å². The first kappa shape index (κ1) is 18.1. The number of aryl methyl sites for hydroxylation is 1. The molecule has 1 saturated heterocycles. The van der Waals surface area contributed by atoms with Crippen molar-refractivity contribution < 1.29 is 17.9 Å². The maximum Gasteiger partial charge on any atom is 0.319 e. The Morgan fingerprint density at radius 1 is 1.28 bits per heavy atom. The Bertz CT molecular complexity index is 814. The quantitative estimate of drug-likeness (QED) is 0.762. The van der Waals surface area contributed by atoms with Crippen LogP contribution in [0.25, 0.3) is 0 Å². The Labute approximate surface area is 151 Å². The topological polar surface area (TPSA) is 81.6 Å². The summed E-state index contributed by atoms with van der Waals surface area (Å²) in [4.78, 5) is 9.14. The smallest absolute Gasteiger partial charge is 0.319 e. The minimum atomic E-state index is -3.41.